The lowest BCUT2D eigenvalue weighted by molar-refractivity contribution is 0.727. The van der Waals surface area contributed by atoms with Crippen LogP contribution in [-0.2, 0) is 8.67 Å². The summed E-state index contributed by atoms with van der Waals surface area (Å²) in [5, 5.41) is 6.66. The summed E-state index contributed by atoms with van der Waals surface area (Å²) in [4.78, 5) is 20.9. The zero-order valence-corrected chi connectivity index (χ0v) is 16.2. The summed E-state index contributed by atoms with van der Waals surface area (Å²) < 4.78 is -3.90. The van der Waals surface area contributed by atoms with Crippen molar-refractivity contribution in [3.05, 3.63) is 22.1 Å². The van der Waals surface area contributed by atoms with Gasteiger partial charge in [-0.25, -0.2) is 9.78 Å². The maximum Gasteiger partial charge on any atom is 0.348 e. The first-order valence-electron chi connectivity index (χ1n) is 5.52. The van der Waals surface area contributed by atoms with E-state index in [-0.39, 0.29) is 17.5 Å². The van der Waals surface area contributed by atoms with Gasteiger partial charge in [-0.2, -0.15) is 4.98 Å². The molecule has 6 nitrogen and oxygen atoms in total. The molecular weight excluding hydrogens is 419 g/mol. The fourth-order valence-corrected chi connectivity index (χ4v) is 1.14. The first kappa shape index (κ1) is 22.0. The highest BCUT2D eigenvalue weighted by Crippen LogP contribution is 2.33. The summed E-state index contributed by atoms with van der Waals surface area (Å²) in [6.45, 7) is 4.34. The molecule has 22 heavy (non-hydrogen) atoms. The maximum atomic E-state index is 11.2. The topological polar surface area (TPSA) is 109 Å². The van der Waals surface area contributed by atoms with Gasteiger partial charge in [0.05, 0.1) is 0 Å². The highest BCUT2D eigenvalue weighted by molar-refractivity contribution is 6.57. The number of nitrogens with two attached hydrogens (primary N) is 1. The molecule has 0 saturated heterocycles. The van der Waals surface area contributed by atoms with Crippen molar-refractivity contribution in [3.8, 4) is 0 Å². The highest BCUT2D eigenvalue weighted by atomic mass is 35.5. The SMILES string of the molecule is CC(Cl)(Cl)C(=N)N.CC(Cl)(Cl)c1nc(C(C)(Cl)Cl)[nH]c(=O)n1. The van der Waals surface area contributed by atoms with Crippen molar-refractivity contribution >= 4 is 75.4 Å². The maximum absolute atomic E-state index is 11.2. The van der Waals surface area contributed by atoms with Gasteiger partial charge >= 0.3 is 5.69 Å². The molecule has 1 aromatic heterocycles. The lowest BCUT2D eigenvalue weighted by Gasteiger charge is -2.15. The van der Waals surface area contributed by atoms with Crippen LogP contribution in [0.1, 0.15) is 32.4 Å². The molecule has 1 aromatic rings. The van der Waals surface area contributed by atoms with Crippen LogP contribution in [0.4, 0.5) is 0 Å². The Morgan fingerprint density at radius 1 is 1.05 bits per heavy atom. The van der Waals surface area contributed by atoms with Crippen LogP contribution >= 0.6 is 69.6 Å². The molecule has 0 aliphatic carbocycles. The molecule has 12 heteroatoms. The van der Waals surface area contributed by atoms with E-state index in [1.165, 1.54) is 20.8 Å². The van der Waals surface area contributed by atoms with E-state index in [1.807, 2.05) is 0 Å². The normalized spacial score (nSPS) is 12.4. The first-order valence-corrected chi connectivity index (χ1v) is 7.79. The first-order chi connectivity index (χ1) is 9.55. The van der Waals surface area contributed by atoms with Gasteiger partial charge in [-0.15, -0.1) is 0 Å². The average molecular weight is 432 g/mol. The van der Waals surface area contributed by atoms with E-state index >= 15 is 0 Å². The minimum atomic E-state index is -1.37. The van der Waals surface area contributed by atoms with E-state index < -0.39 is 18.7 Å². The lowest BCUT2D eigenvalue weighted by Crippen LogP contribution is -2.28. The number of rotatable bonds is 3. The van der Waals surface area contributed by atoms with Crippen molar-refractivity contribution in [1.29, 1.82) is 5.41 Å². The number of nitrogens with zero attached hydrogens (tertiary/aromatic N) is 2. The number of alkyl halides is 6. The van der Waals surface area contributed by atoms with Crippen molar-refractivity contribution in [1.82, 2.24) is 15.0 Å². The summed E-state index contributed by atoms with van der Waals surface area (Å²) in [7, 11) is 0. The quantitative estimate of drug-likeness (QED) is 0.386. The number of hydrogen-bond acceptors (Lipinski definition) is 4. The molecular formula is C10H13Cl6N5O. The number of halogens is 6. The predicted octanol–water partition coefficient (Wildman–Crippen LogP) is 3.58. The van der Waals surface area contributed by atoms with E-state index in [9.17, 15) is 4.79 Å². The van der Waals surface area contributed by atoms with E-state index in [0.717, 1.165) is 0 Å². The molecule has 0 aromatic carbocycles. The van der Waals surface area contributed by atoms with Gasteiger partial charge in [0.25, 0.3) is 0 Å². The average Bonchev–Trinajstić information content (AvgIpc) is 2.25. The fraction of sp³-hybridized carbons (Fsp3) is 0.600. The highest BCUT2D eigenvalue weighted by Gasteiger charge is 2.29. The van der Waals surface area contributed by atoms with Crippen molar-refractivity contribution < 1.29 is 0 Å². The molecule has 126 valence electrons. The van der Waals surface area contributed by atoms with Crippen LogP contribution in [-0.4, -0.2) is 25.1 Å². The standard InChI is InChI=1S/C7H7Cl4N3O.C3H6Cl2N2/c1-6(8,9)3-12-4(7(2,10)11)14-5(15)13-3;1-3(4,5)2(6)7/h1-2H3,(H,12,13,14,15);1H3,(H3,6,7). The van der Waals surface area contributed by atoms with Gasteiger partial charge in [0.1, 0.15) is 11.7 Å². The molecule has 1 heterocycles. The van der Waals surface area contributed by atoms with Crippen molar-refractivity contribution in [2.75, 3.05) is 0 Å². The summed E-state index contributed by atoms with van der Waals surface area (Å²) in [6.07, 6.45) is 0. The summed E-state index contributed by atoms with van der Waals surface area (Å²) in [5.41, 5.74) is 4.23. The number of aromatic amines is 1. The van der Waals surface area contributed by atoms with Gasteiger partial charge in [0, 0.05) is 0 Å². The molecule has 0 bridgehead atoms. The molecule has 0 spiro atoms. The Balaban J connectivity index is 0.000000534. The minimum absolute atomic E-state index is 0.0443. The molecule has 0 saturated carbocycles. The second-order valence-corrected chi connectivity index (χ2v) is 9.52. The van der Waals surface area contributed by atoms with Gasteiger partial charge < -0.3 is 5.73 Å². The molecule has 0 unspecified atom stereocenters. The Morgan fingerprint density at radius 2 is 1.45 bits per heavy atom. The summed E-state index contributed by atoms with van der Waals surface area (Å²) in [5.74, 6) is -0.221. The Hall–Kier alpha value is 0.0200. The summed E-state index contributed by atoms with van der Waals surface area (Å²) >= 11 is 33.6. The number of hydrogen-bond donors (Lipinski definition) is 3. The number of H-pyrrole nitrogens is 1. The molecule has 0 aliphatic heterocycles. The molecule has 0 fully saturated rings. The van der Waals surface area contributed by atoms with Crippen LogP contribution in [0.3, 0.4) is 0 Å². The Labute approximate surface area is 157 Å². The molecule has 0 radical (unpaired) electrons. The fourth-order valence-electron chi connectivity index (χ4n) is 0.789. The van der Waals surface area contributed by atoms with Crippen LogP contribution in [0.25, 0.3) is 0 Å². The third-order valence-electron chi connectivity index (χ3n) is 1.93. The zero-order valence-electron chi connectivity index (χ0n) is 11.6. The zero-order chi connectivity index (χ0) is 17.9. The molecule has 4 N–H and O–H groups in total. The van der Waals surface area contributed by atoms with Gasteiger partial charge in [0.15, 0.2) is 18.8 Å². The molecule has 0 atom stereocenters. The van der Waals surface area contributed by atoms with E-state index in [0.29, 0.717) is 0 Å². The van der Waals surface area contributed by atoms with Crippen molar-refractivity contribution in [2.24, 2.45) is 5.73 Å². The van der Waals surface area contributed by atoms with E-state index in [1.54, 1.807) is 0 Å². The van der Waals surface area contributed by atoms with Crippen LogP contribution in [0.5, 0.6) is 0 Å². The Kier molecular flexibility index (Phi) is 7.73. The number of nitrogens with one attached hydrogen (secondary N) is 2. The minimum Gasteiger partial charge on any atom is -0.385 e. The van der Waals surface area contributed by atoms with Gasteiger partial charge in [-0.3, -0.25) is 10.4 Å². The lowest BCUT2D eigenvalue weighted by atomic mass is 10.4. The molecule has 0 aliphatic rings. The van der Waals surface area contributed by atoms with Gasteiger partial charge in [-0.1, -0.05) is 69.6 Å². The van der Waals surface area contributed by atoms with Crippen molar-refractivity contribution in [3.63, 3.8) is 0 Å². The Morgan fingerprint density at radius 3 is 1.73 bits per heavy atom. The Bertz CT molecular complexity index is 548. The third-order valence-corrected chi connectivity index (χ3v) is 3.04. The second kappa shape index (κ2) is 7.73. The van der Waals surface area contributed by atoms with Crippen molar-refractivity contribution in [2.45, 2.75) is 33.8 Å². The number of amidine groups is 1. The second-order valence-electron chi connectivity index (χ2n) is 4.40. The van der Waals surface area contributed by atoms with Gasteiger partial charge in [0.2, 0.25) is 0 Å². The van der Waals surface area contributed by atoms with E-state index in [2.05, 4.69) is 15.0 Å². The summed E-state index contributed by atoms with van der Waals surface area (Å²) in [6, 6.07) is 0. The largest absolute Gasteiger partial charge is 0.385 e. The predicted molar refractivity (Wildman–Crippen MR) is 92.8 cm³/mol. The van der Waals surface area contributed by atoms with Crippen LogP contribution in [0.2, 0.25) is 0 Å². The monoisotopic (exact) mass is 429 g/mol. The van der Waals surface area contributed by atoms with Crippen LogP contribution in [0, 0.1) is 5.41 Å². The van der Waals surface area contributed by atoms with E-state index in [4.69, 9.17) is 80.7 Å². The van der Waals surface area contributed by atoms with Gasteiger partial charge in [-0.05, 0) is 20.8 Å². The molecule has 0 amide bonds. The van der Waals surface area contributed by atoms with Crippen LogP contribution in [0.15, 0.2) is 4.79 Å². The smallest absolute Gasteiger partial charge is 0.348 e. The third kappa shape index (κ3) is 8.04. The van der Waals surface area contributed by atoms with Crippen LogP contribution < -0.4 is 11.4 Å². The number of aromatic nitrogens is 3. The molecule has 1 rings (SSSR count).